The van der Waals surface area contributed by atoms with Gasteiger partial charge in [0.15, 0.2) is 0 Å². The van der Waals surface area contributed by atoms with Crippen molar-refractivity contribution in [3.8, 4) is 12.1 Å². The summed E-state index contributed by atoms with van der Waals surface area (Å²) in [5.41, 5.74) is 7.71. The lowest BCUT2D eigenvalue weighted by atomic mass is 10.0. The molecule has 3 atom stereocenters. The molecule has 184 valence electrons. The Morgan fingerprint density at radius 2 is 2.17 bits per heavy atom. The Bertz CT molecular complexity index is 1260. The summed E-state index contributed by atoms with van der Waals surface area (Å²) in [5.74, 6) is 0.838. The standard InChI is InChI=1S/C23H29N9O2S/c1-23(2,25)12-34-20-28-21(35-30-20)29-22(33)32-10-13-6-16(7-14(13)11-32)31(3)18-15(8-24)9-27-19-17(18)4-5-26-19/h4-5,9,13-14,16H,6-7,10-12,25H2,1-3H3,(H,26,27)(H,28,29,30,33)/t13-,14+,16?. The number of anilines is 2. The van der Waals surface area contributed by atoms with Gasteiger partial charge in [-0.05, 0) is 44.6 Å². The van der Waals surface area contributed by atoms with Gasteiger partial charge in [0.2, 0.25) is 5.13 Å². The molecule has 1 saturated carbocycles. The van der Waals surface area contributed by atoms with Crippen LogP contribution in [0.15, 0.2) is 18.5 Å². The number of aromatic amines is 1. The van der Waals surface area contributed by atoms with Gasteiger partial charge in [-0.2, -0.15) is 10.2 Å². The van der Waals surface area contributed by atoms with Gasteiger partial charge in [0, 0.05) is 61.0 Å². The van der Waals surface area contributed by atoms with Crippen LogP contribution in [-0.2, 0) is 0 Å². The van der Waals surface area contributed by atoms with Crippen LogP contribution < -0.4 is 20.7 Å². The quantitative estimate of drug-likeness (QED) is 0.473. The number of amides is 2. The summed E-state index contributed by atoms with van der Waals surface area (Å²) in [6, 6.07) is 4.62. The smallest absolute Gasteiger partial charge is 0.330 e. The molecule has 3 aromatic heterocycles. The van der Waals surface area contributed by atoms with Gasteiger partial charge < -0.3 is 25.3 Å². The van der Waals surface area contributed by atoms with Crippen molar-refractivity contribution in [2.75, 3.05) is 37.0 Å². The van der Waals surface area contributed by atoms with E-state index < -0.39 is 5.54 Å². The van der Waals surface area contributed by atoms with Crippen LogP contribution in [0.4, 0.5) is 15.6 Å². The van der Waals surface area contributed by atoms with Crippen molar-refractivity contribution in [1.82, 2.24) is 24.2 Å². The summed E-state index contributed by atoms with van der Waals surface area (Å²) in [6.45, 7) is 5.40. The number of ether oxygens (including phenoxy) is 1. The molecule has 4 heterocycles. The maximum atomic E-state index is 12.8. The number of aromatic nitrogens is 4. The third kappa shape index (κ3) is 4.74. The maximum Gasteiger partial charge on any atom is 0.330 e. The highest BCUT2D eigenvalue weighted by atomic mass is 32.1. The van der Waals surface area contributed by atoms with E-state index >= 15 is 0 Å². The second-order valence-corrected chi connectivity index (χ2v) is 10.9. The molecule has 2 amide bonds. The van der Waals surface area contributed by atoms with Crippen molar-refractivity contribution >= 4 is 39.4 Å². The van der Waals surface area contributed by atoms with Crippen molar-refractivity contribution in [3.63, 3.8) is 0 Å². The third-order valence-electron chi connectivity index (χ3n) is 6.79. The zero-order chi connectivity index (χ0) is 24.7. The fourth-order valence-electron chi connectivity index (χ4n) is 5.13. The third-order valence-corrected chi connectivity index (χ3v) is 7.40. The molecule has 3 aromatic rings. The molecule has 35 heavy (non-hydrogen) atoms. The van der Waals surface area contributed by atoms with Gasteiger partial charge in [-0.1, -0.05) is 0 Å². The summed E-state index contributed by atoms with van der Waals surface area (Å²) in [7, 11) is 2.06. The second-order valence-electron chi connectivity index (χ2n) is 10.1. The number of nitrogens with two attached hydrogens (primary N) is 1. The molecule has 0 radical (unpaired) electrons. The molecule has 2 aliphatic rings. The van der Waals surface area contributed by atoms with Crippen LogP contribution in [0.2, 0.25) is 0 Å². The summed E-state index contributed by atoms with van der Waals surface area (Å²) in [5, 5.41) is 13.9. The fraction of sp³-hybridized carbons (Fsp3) is 0.522. The number of pyridine rings is 1. The molecule has 2 fully saturated rings. The molecule has 0 spiro atoms. The number of nitriles is 1. The van der Waals surface area contributed by atoms with Gasteiger partial charge in [0.25, 0.3) is 0 Å². The van der Waals surface area contributed by atoms with E-state index in [1.165, 1.54) is 0 Å². The van der Waals surface area contributed by atoms with Gasteiger partial charge in [0.05, 0.1) is 11.3 Å². The Balaban J connectivity index is 1.19. The predicted molar refractivity (Wildman–Crippen MR) is 133 cm³/mol. The molecular formula is C23H29N9O2S. The molecule has 0 bridgehead atoms. The lowest BCUT2D eigenvalue weighted by Gasteiger charge is -2.29. The van der Waals surface area contributed by atoms with Crippen molar-refractivity contribution in [3.05, 3.63) is 24.0 Å². The van der Waals surface area contributed by atoms with E-state index in [0.29, 0.717) is 41.7 Å². The van der Waals surface area contributed by atoms with Crippen LogP contribution in [0, 0.1) is 23.2 Å². The Kier molecular flexibility index (Phi) is 5.98. The number of likely N-dealkylation sites (tertiary alicyclic amines) is 1. The molecule has 11 nitrogen and oxygen atoms in total. The zero-order valence-corrected chi connectivity index (χ0v) is 20.8. The molecule has 0 aromatic carbocycles. The number of rotatable bonds is 6. The molecular weight excluding hydrogens is 466 g/mol. The minimum Gasteiger partial charge on any atom is -0.461 e. The molecule has 12 heteroatoms. The zero-order valence-electron chi connectivity index (χ0n) is 20.0. The molecule has 1 saturated heterocycles. The van der Waals surface area contributed by atoms with E-state index in [1.807, 2.05) is 31.0 Å². The Morgan fingerprint density at radius 3 is 2.86 bits per heavy atom. The van der Waals surface area contributed by atoms with E-state index in [2.05, 4.69) is 42.7 Å². The van der Waals surface area contributed by atoms with Gasteiger partial charge >= 0.3 is 12.0 Å². The highest BCUT2D eigenvalue weighted by molar-refractivity contribution is 7.10. The van der Waals surface area contributed by atoms with Crippen LogP contribution >= 0.6 is 11.5 Å². The van der Waals surface area contributed by atoms with Crippen molar-refractivity contribution < 1.29 is 9.53 Å². The van der Waals surface area contributed by atoms with Gasteiger partial charge in [-0.15, -0.1) is 4.37 Å². The van der Waals surface area contributed by atoms with E-state index in [1.54, 1.807) is 6.20 Å². The summed E-state index contributed by atoms with van der Waals surface area (Å²) >= 11 is 1.09. The first-order valence-corrected chi connectivity index (χ1v) is 12.4. The topological polar surface area (TPSA) is 149 Å². The average molecular weight is 496 g/mol. The molecule has 1 aliphatic heterocycles. The number of carbonyl (C=O) groups is 1. The minimum absolute atomic E-state index is 0.166. The first kappa shape index (κ1) is 23.3. The normalized spacial score (nSPS) is 21.7. The van der Waals surface area contributed by atoms with Crippen LogP contribution in [0.3, 0.4) is 0 Å². The van der Waals surface area contributed by atoms with E-state index in [4.69, 9.17) is 10.5 Å². The lowest BCUT2D eigenvalue weighted by Crippen LogP contribution is -2.38. The number of nitrogens with one attached hydrogen (secondary N) is 2. The van der Waals surface area contributed by atoms with E-state index in [0.717, 1.165) is 41.1 Å². The van der Waals surface area contributed by atoms with Gasteiger partial charge in [-0.3, -0.25) is 5.32 Å². The van der Waals surface area contributed by atoms with E-state index in [-0.39, 0.29) is 18.6 Å². The van der Waals surface area contributed by atoms with E-state index in [9.17, 15) is 10.1 Å². The number of nitrogens with zero attached hydrogens (tertiary/aromatic N) is 6. The van der Waals surface area contributed by atoms with Crippen molar-refractivity contribution in [2.24, 2.45) is 17.6 Å². The maximum absolute atomic E-state index is 12.8. The Hall–Kier alpha value is -3.43. The fourth-order valence-corrected chi connectivity index (χ4v) is 5.64. The lowest BCUT2D eigenvalue weighted by molar-refractivity contribution is 0.218. The number of hydrogen-bond donors (Lipinski definition) is 3. The Labute approximate surface area is 207 Å². The monoisotopic (exact) mass is 495 g/mol. The van der Waals surface area contributed by atoms with Crippen LogP contribution in [0.25, 0.3) is 11.0 Å². The number of carbonyl (C=O) groups excluding carboxylic acids is 1. The minimum atomic E-state index is -0.491. The SMILES string of the molecule is CN(c1c(C#N)cnc2[nH]ccc12)C1C[C@@H]2CN(C(=O)Nc3nc(OCC(C)(C)N)ns3)C[C@@H]2C1. The van der Waals surface area contributed by atoms with Crippen LogP contribution in [0.1, 0.15) is 32.3 Å². The van der Waals surface area contributed by atoms with Crippen molar-refractivity contribution in [2.45, 2.75) is 38.3 Å². The largest absolute Gasteiger partial charge is 0.461 e. The molecule has 5 rings (SSSR count). The molecule has 4 N–H and O–H groups in total. The van der Waals surface area contributed by atoms with Crippen LogP contribution in [0.5, 0.6) is 6.01 Å². The van der Waals surface area contributed by atoms with Gasteiger partial charge in [-0.25, -0.2) is 9.78 Å². The highest BCUT2D eigenvalue weighted by Crippen LogP contribution is 2.42. The summed E-state index contributed by atoms with van der Waals surface area (Å²) in [6.07, 6.45) is 5.42. The second kappa shape index (κ2) is 8.98. The number of hydrogen-bond acceptors (Lipinski definition) is 9. The predicted octanol–water partition coefficient (Wildman–Crippen LogP) is 2.78. The van der Waals surface area contributed by atoms with Crippen LogP contribution in [-0.4, -0.2) is 68.6 Å². The number of urea groups is 1. The average Bonchev–Trinajstić information content (AvgIpc) is 3.59. The molecule has 1 unspecified atom stereocenters. The first-order chi connectivity index (χ1) is 16.7. The number of H-pyrrole nitrogens is 1. The Morgan fingerprint density at radius 1 is 1.43 bits per heavy atom. The highest BCUT2D eigenvalue weighted by Gasteiger charge is 2.44. The van der Waals surface area contributed by atoms with Gasteiger partial charge in [0.1, 0.15) is 18.3 Å². The molecule has 1 aliphatic carbocycles. The summed E-state index contributed by atoms with van der Waals surface area (Å²) in [4.78, 5) is 28.6. The first-order valence-electron chi connectivity index (χ1n) is 11.6. The summed E-state index contributed by atoms with van der Waals surface area (Å²) < 4.78 is 9.63. The number of fused-ring (bicyclic) bond motifs is 2. The van der Waals surface area contributed by atoms with Crippen molar-refractivity contribution in [1.29, 1.82) is 5.26 Å².